The first-order valence-electron chi connectivity index (χ1n) is 6.74. The van der Waals surface area contributed by atoms with Crippen molar-refractivity contribution in [3.05, 3.63) is 0 Å². The molecule has 2 atom stereocenters. The van der Waals surface area contributed by atoms with Gasteiger partial charge in [-0.3, -0.25) is 4.79 Å². The van der Waals surface area contributed by atoms with Crippen LogP contribution < -0.4 is 5.32 Å². The molecule has 2 rings (SSSR count). The molecule has 0 saturated carbocycles. The highest BCUT2D eigenvalue weighted by atomic mass is 16.5. The summed E-state index contributed by atoms with van der Waals surface area (Å²) in [6.07, 6.45) is 1.27. The average Bonchev–Trinajstić information content (AvgIpc) is 2.87. The van der Waals surface area contributed by atoms with Crippen LogP contribution in [-0.4, -0.2) is 48.9 Å². The standard InChI is InChI=1S/C13H21NO5/c1-13(4-6-18-7-5-13)8-14-11(15)9-2-3-10(19-9)12(16)17/h9-10H,2-8H2,1H3,(H,14,15)(H,16,17)/t9-,10+/m0/s1. The van der Waals surface area contributed by atoms with Gasteiger partial charge in [0.15, 0.2) is 6.10 Å². The minimum absolute atomic E-state index is 0.0682. The van der Waals surface area contributed by atoms with Crippen molar-refractivity contribution in [3.8, 4) is 0 Å². The first-order valence-corrected chi connectivity index (χ1v) is 6.74. The van der Waals surface area contributed by atoms with Gasteiger partial charge in [-0.15, -0.1) is 0 Å². The molecule has 2 aliphatic rings. The number of ether oxygens (including phenoxy) is 2. The number of rotatable bonds is 4. The quantitative estimate of drug-likeness (QED) is 0.780. The fourth-order valence-electron chi connectivity index (χ4n) is 2.47. The molecular formula is C13H21NO5. The van der Waals surface area contributed by atoms with E-state index in [1.54, 1.807) is 0 Å². The van der Waals surface area contributed by atoms with E-state index in [9.17, 15) is 9.59 Å². The van der Waals surface area contributed by atoms with E-state index in [0.717, 1.165) is 26.1 Å². The van der Waals surface area contributed by atoms with E-state index in [1.807, 2.05) is 0 Å². The molecule has 0 aromatic carbocycles. The lowest BCUT2D eigenvalue weighted by Gasteiger charge is -2.33. The van der Waals surface area contributed by atoms with Crippen LogP contribution in [-0.2, 0) is 19.1 Å². The predicted molar refractivity (Wildman–Crippen MR) is 66.7 cm³/mol. The summed E-state index contributed by atoms with van der Waals surface area (Å²) in [5.74, 6) is -1.19. The lowest BCUT2D eigenvalue weighted by Crippen LogP contribution is -2.43. The van der Waals surface area contributed by atoms with E-state index in [0.29, 0.717) is 19.4 Å². The Morgan fingerprint density at radius 1 is 1.26 bits per heavy atom. The summed E-state index contributed by atoms with van der Waals surface area (Å²) in [6, 6.07) is 0. The lowest BCUT2D eigenvalue weighted by molar-refractivity contribution is -0.151. The molecule has 0 radical (unpaired) electrons. The molecule has 2 saturated heterocycles. The molecule has 19 heavy (non-hydrogen) atoms. The van der Waals surface area contributed by atoms with E-state index in [-0.39, 0.29) is 11.3 Å². The monoisotopic (exact) mass is 271 g/mol. The molecule has 2 fully saturated rings. The summed E-state index contributed by atoms with van der Waals surface area (Å²) < 4.78 is 10.5. The SMILES string of the molecule is CC1(CNC(=O)[C@@H]2CC[C@H](C(=O)O)O2)CCOCC1. The Kier molecular flexibility index (Phi) is 4.42. The van der Waals surface area contributed by atoms with E-state index < -0.39 is 18.2 Å². The van der Waals surface area contributed by atoms with Crippen molar-refractivity contribution >= 4 is 11.9 Å². The van der Waals surface area contributed by atoms with Crippen molar-refractivity contribution in [1.82, 2.24) is 5.32 Å². The van der Waals surface area contributed by atoms with Crippen LogP contribution in [0.5, 0.6) is 0 Å². The zero-order valence-electron chi connectivity index (χ0n) is 11.2. The number of amides is 1. The Morgan fingerprint density at radius 3 is 2.47 bits per heavy atom. The van der Waals surface area contributed by atoms with Crippen LogP contribution in [0, 0.1) is 5.41 Å². The number of hydrogen-bond acceptors (Lipinski definition) is 4. The van der Waals surface area contributed by atoms with Crippen molar-refractivity contribution in [3.63, 3.8) is 0 Å². The highest BCUT2D eigenvalue weighted by molar-refractivity contribution is 5.82. The molecular weight excluding hydrogens is 250 g/mol. The van der Waals surface area contributed by atoms with Crippen LogP contribution in [0.1, 0.15) is 32.6 Å². The third-order valence-electron chi connectivity index (χ3n) is 3.98. The molecule has 2 heterocycles. The fraction of sp³-hybridized carbons (Fsp3) is 0.846. The van der Waals surface area contributed by atoms with Gasteiger partial charge in [0.1, 0.15) is 6.10 Å². The zero-order chi connectivity index (χ0) is 13.9. The largest absolute Gasteiger partial charge is 0.479 e. The number of hydrogen-bond donors (Lipinski definition) is 2. The number of carbonyl (C=O) groups excluding carboxylic acids is 1. The second-order valence-electron chi connectivity index (χ2n) is 5.67. The van der Waals surface area contributed by atoms with E-state index >= 15 is 0 Å². The second kappa shape index (κ2) is 5.88. The summed E-state index contributed by atoms with van der Waals surface area (Å²) >= 11 is 0. The zero-order valence-corrected chi connectivity index (χ0v) is 11.2. The van der Waals surface area contributed by atoms with Gasteiger partial charge in [-0.25, -0.2) is 4.79 Å². The summed E-state index contributed by atoms with van der Waals surface area (Å²) in [7, 11) is 0. The van der Waals surface area contributed by atoms with Gasteiger partial charge in [-0.05, 0) is 31.1 Å². The first-order chi connectivity index (χ1) is 9.00. The number of nitrogens with one attached hydrogen (secondary N) is 1. The van der Waals surface area contributed by atoms with E-state index in [1.165, 1.54) is 0 Å². The summed E-state index contributed by atoms with van der Waals surface area (Å²) in [5, 5.41) is 11.7. The fourth-order valence-corrected chi connectivity index (χ4v) is 2.47. The summed E-state index contributed by atoms with van der Waals surface area (Å²) in [5.41, 5.74) is 0.0682. The molecule has 0 spiro atoms. The Balaban J connectivity index is 1.77. The summed E-state index contributed by atoms with van der Waals surface area (Å²) in [4.78, 5) is 22.7. The van der Waals surface area contributed by atoms with Gasteiger partial charge in [0, 0.05) is 19.8 Å². The van der Waals surface area contributed by atoms with Crippen molar-refractivity contribution in [2.75, 3.05) is 19.8 Å². The lowest BCUT2D eigenvalue weighted by atomic mass is 9.82. The van der Waals surface area contributed by atoms with Gasteiger partial charge in [0.2, 0.25) is 5.91 Å². The van der Waals surface area contributed by atoms with Crippen LogP contribution >= 0.6 is 0 Å². The Hall–Kier alpha value is -1.14. The van der Waals surface area contributed by atoms with Crippen molar-refractivity contribution in [2.24, 2.45) is 5.41 Å². The molecule has 108 valence electrons. The van der Waals surface area contributed by atoms with Crippen molar-refractivity contribution in [1.29, 1.82) is 0 Å². The molecule has 0 aliphatic carbocycles. The molecule has 0 unspecified atom stereocenters. The Labute approximate surface area is 112 Å². The molecule has 6 heteroatoms. The maximum absolute atomic E-state index is 11.9. The third kappa shape index (κ3) is 3.67. The molecule has 1 amide bonds. The maximum Gasteiger partial charge on any atom is 0.332 e. The Bertz CT molecular complexity index is 351. The van der Waals surface area contributed by atoms with Gasteiger partial charge in [0.25, 0.3) is 0 Å². The minimum Gasteiger partial charge on any atom is -0.479 e. The molecule has 2 aliphatic heterocycles. The van der Waals surface area contributed by atoms with E-state index in [2.05, 4.69) is 12.2 Å². The third-order valence-corrected chi connectivity index (χ3v) is 3.98. The van der Waals surface area contributed by atoms with Crippen LogP contribution in [0.4, 0.5) is 0 Å². The van der Waals surface area contributed by atoms with Gasteiger partial charge in [0.05, 0.1) is 0 Å². The van der Waals surface area contributed by atoms with Crippen molar-refractivity contribution < 1.29 is 24.2 Å². The maximum atomic E-state index is 11.9. The van der Waals surface area contributed by atoms with Crippen LogP contribution in [0.25, 0.3) is 0 Å². The summed E-state index contributed by atoms with van der Waals surface area (Å²) in [6.45, 7) is 4.18. The highest BCUT2D eigenvalue weighted by Crippen LogP contribution is 2.29. The van der Waals surface area contributed by atoms with Crippen molar-refractivity contribution in [2.45, 2.75) is 44.8 Å². The van der Waals surface area contributed by atoms with Gasteiger partial charge < -0.3 is 19.9 Å². The van der Waals surface area contributed by atoms with Gasteiger partial charge in [-0.1, -0.05) is 6.92 Å². The topological polar surface area (TPSA) is 84.9 Å². The van der Waals surface area contributed by atoms with E-state index in [4.69, 9.17) is 14.6 Å². The average molecular weight is 271 g/mol. The highest BCUT2D eigenvalue weighted by Gasteiger charge is 2.35. The second-order valence-corrected chi connectivity index (χ2v) is 5.67. The number of carboxylic acid groups (broad SMARTS) is 1. The molecule has 2 N–H and O–H groups in total. The molecule has 0 aromatic heterocycles. The minimum atomic E-state index is -0.994. The van der Waals surface area contributed by atoms with Gasteiger partial charge in [-0.2, -0.15) is 0 Å². The van der Waals surface area contributed by atoms with Crippen LogP contribution in [0.2, 0.25) is 0 Å². The Morgan fingerprint density at radius 2 is 1.89 bits per heavy atom. The number of carboxylic acids is 1. The predicted octanol–water partition coefficient (Wildman–Crippen LogP) is 0.551. The van der Waals surface area contributed by atoms with Gasteiger partial charge >= 0.3 is 5.97 Å². The normalized spacial score (nSPS) is 29.9. The van der Waals surface area contributed by atoms with Crippen LogP contribution in [0.3, 0.4) is 0 Å². The first kappa shape index (κ1) is 14.3. The number of aliphatic carboxylic acids is 1. The number of carbonyl (C=O) groups is 2. The smallest absolute Gasteiger partial charge is 0.332 e. The van der Waals surface area contributed by atoms with Crippen LogP contribution in [0.15, 0.2) is 0 Å². The molecule has 0 aromatic rings. The molecule has 0 bridgehead atoms. The molecule has 6 nitrogen and oxygen atoms in total.